The number of para-hydroxylation sites is 2. The van der Waals surface area contributed by atoms with Crippen molar-refractivity contribution in [3.8, 4) is 5.75 Å². The Morgan fingerprint density at radius 1 is 1.00 bits per heavy atom. The molecule has 0 bridgehead atoms. The minimum atomic E-state index is -5.07. The molecular weight excluding hydrogens is 398 g/mol. The Hall–Kier alpha value is -3.31. The van der Waals surface area contributed by atoms with Crippen molar-refractivity contribution < 1.29 is 40.8 Å². The number of carbonyl (C=O) groups is 1. The number of nitro benzene ring substituents is 1. The number of alkyl halides is 6. The fourth-order valence-corrected chi connectivity index (χ4v) is 2.10. The summed E-state index contributed by atoms with van der Waals surface area (Å²) in [5.74, 6) is -1.40. The summed E-state index contributed by atoms with van der Waals surface area (Å²) in [7, 11) is 0. The lowest BCUT2D eigenvalue weighted by molar-refractivity contribution is -0.385. The molecule has 2 aromatic rings. The fourth-order valence-electron chi connectivity index (χ4n) is 2.10. The average molecular weight is 408 g/mol. The zero-order valence-corrected chi connectivity index (χ0v) is 13.6. The molecule has 0 aromatic heterocycles. The van der Waals surface area contributed by atoms with E-state index >= 15 is 0 Å². The van der Waals surface area contributed by atoms with Crippen LogP contribution < -0.4 is 10.1 Å². The van der Waals surface area contributed by atoms with Gasteiger partial charge in [0.2, 0.25) is 0 Å². The van der Waals surface area contributed by atoms with Gasteiger partial charge in [0.05, 0.1) is 16.1 Å². The van der Waals surface area contributed by atoms with Gasteiger partial charge in [-0.15, -0.1) is 0 Å². The van der Waals surface area contributed by atoms with E-state index in [0.29, 0.717) is 12.1 Å². The first kappa shape index (κ1) is 21.0. The highest BCUT2D eigenvalue weighted by Crippen LogP contribution is 2.37. The second kappa shape index (κ2) is 7.74. The van der Waals surface area contributed by atoms with Gasteiger partial charge in [0.1, 0.15) is 0 Å². The van der Waals surface area contributed by atoms with Crippen LogP contribution in [-0.4, -0.2) is 17.4 Å². The maximum atomic E-state index is 12.8. The molecule has 6 nitrogen and oxygen atoms in total. The summed E-state index contributed by atoms with van der Waals surface area (Å²) in [5.41, 5.74) is -4.42. The molecule has 0 saturated carbocycles. The van der Waals surface area contributed by atoms with Crippen LogP contribution in [0, 0.1) is 10.1 Å². The summed E-state index contributed by atoms with van der Waals surface area (Å²) in [6, 6.07) is 5.57. The number of halogens is 6. The molecule has 0 aliphatic heterocycles. The van der Waals surface area contributed by atoms with E-state index in [2.05, 4.69) is 0 Å². The molecule has 0 heterocycles. The molecule has 2 rings (SSSR count). The molecule has 0 saturated heterocycles. The van der Waals surface area contributed by atoms with Crippen LogP contribution in [0.25, 0.3) is 0 Å². The number of ether oxygens (including phenoxy) is 1. The standard InChI is InChI=1S/C16H10F6N2O4/c17-15(18,19)9-5-10(16(20,21)22)7-11(6-9)23-14(25)8-28-13-4-2-1-3-12(13)24(26)27/h1-7H,8H2,(H,23,25). The number of nitro groups is 1. The summed E-state index contributed by atoms with van der Waals surface area (Å²) in [4.78, 5) is 21.9. The lowest BCUT2D eigenvalue weighted by Gasteiger charge is -2.15. The molecule has 0 radical (unpaired) electrons. The van der Waals surface area contributed by atoms with Gasteiger partial charge in [0, 0.05) is 11.8 Å². The van der Waals surface area contributed by atoms with Crippen LogP contribution in [0.4, 0.5) is 37.7 Å². The minimum absolute atomic E-state index is 0.0838. The molecule has 0 unspecified atom stereocenters. The highest BCUT2D eigenvalue weighted by atomic mass is 19.4. The second-order valence-corrected chi connectivity index (χ2v) is 5.36. The van der Waals surface area contributed by atoms with Crippen molar-refractivity contribution in [2.45, 2.75) is 12.4 Å². The van der Waals surface area contributed by atoms with E-state index in [1.54, 1.807) is 0 Å². The van der Waals surface area contributed by atoms with Crippen molar-refractivity contribution in [1.82, 2.24) is 0 Å². The van der Waals surface area contributed by atoms with E-state index in [0.717, 1.165) is 6.07 Å². The van der Waals surface area contributed by atoms with E-state index < -0.39 is 52.3 Å². The first-order valence-electron chi connectivity index (χ1n) is 7.33. The number of hydrogen-bond donors (Lipinski definition) is 1. The normalized spacial score (nSPS) is 11.8. The van der Waals surface area contributed by atoms with E-state index in [1.807, 2.05) is 5.32 Å². The van der Waals surface area contributed by atoms with Crippen molar-refractivity contribution in [2.24, 2.45) is 0 Å². The molecule has 150 valence electrons. The van der Waals surface area contributed by atoms with Gasteiger partial charge >= 0.3 is 18.0 Å². The SMILES string of the molecule is O=C(COc1ccccc1[N+](=O)[O-])Nc1cc(C(F)(F)F)cc(C(F)(F)F)c1. The van der Waals surface area contributed by atoms with Gasteiger partial charge in [-0.1, -0.05) is 12.1 Å². The largest absolute Gasteiger partial charge is 0.477 e. The van der Waals surface area contributed by atoms with Crippen molar-refractivity contribution in [3.05, 3.63) is 63.7 Å². The summed E-state index contributed by atoms with van der Waals surface area (Å²) < 4.78 is 81.7. The zero-order valence-electron chi connectivity index (χ0n) is 13.6. The van der Waals surface area contributed by atoms with Gasteiger partial charge in [-0.3, -0.25) is 14.9 Å². The van der Waals surface area contributed by atoms with Gasteiger partial charge in [0.25, 0.3) is 5.91 Å². The van der Waals surface area contributed by atoms with Crippen molar-refractivity contribution >= 4 is 17.3 Å². The molecule has 2 aromatic carbocycles. The van der Waals surface area contributed by atoms with Crippen LogP contribution >= 0.6 is 0 Å². The van der Waals surface area contributed by atoms with Crippen molar-refractivity contribution in [1.29, 1.82) is 0 Å². The molecule has 1 amide bonds. The molecule has 0 aliphatic carbocycles. The fraction of sp³-hybridized carbons (Fsp3) is 0.188. The van der Waals surface area contributed by atoms with E-state index in [-0.39, 0.29) is 11.8 Å². The van der Waals surface area contributed by atoms with Crippen molar-refractivity contribution in [3.63, 3.8) is 0 Å². The maximum absolute atomic E-state index is 12.8. The lowest BCUT2D eigenvalue weighted by atomic mass is 10.1. The van der Waals surface area contributed by atoms with Crippen LogP contribution in [0.5, 0.6) is 5.75 Å². The molecule has 0 fully saturated rings. The quantitative estimate of drug-likeness (QED) is 0.444. The molecular formula is C16H10F6N2O4. The lowest BCUT2D eigenvalue weighted by Crippen LogP contribution is -2.21. The Kier molecular flexibility index (Phi) is 5.81. The Morgan fingerprint density at radius 2 is 1.54 bits per heavy atom. The van der Waals surface area contributed by atoms with E-state index in [4.69, 9.17) is 4.74 Å². The zero-order chi connectivity index (χ0) is 21.1. The molecule has 0 spiro atoms. The third-order valence-electron chi connectivity index (χ3n) is 3.29. The van der Waals surface area contributed by atoms with Crippen molar-refractivity contribution in [2.75, 3.05) is 11.9 Å². The van der Waals surface area contributed by atoms with Crippen LogP contribution in [-0.2, 0) is 17.1 Å². The Labute approximate surface area is 152 Å². The van der Waals surface area contributed by atoms with Gasteiger partial charge < -0.3 is 10.1 Å². The smallest absolute Gasteiger partial charge is 0.416 e. The van der Waals surface area contributed by atoms with Gasteiger partial charge in [-0.2, -0.15) is 26.3 Å². The molecule has 1 N–H and O–H groups in total. The number of rotatable bonds is 5. The minimum Gasteiger partial charge on any atom is -0.477 e. The molecule has 28 heavy (non-hydrogen) atoms. The monoisotopic (exact) mass is 408 g/mol. The number of nitrogens with one attached hydrogen (secondary N) is 1. The summed E-state index contributed by atoms with van der Waals surface area (Å²) in [6.07, 6.45) is -10.1. The third-order valence-corrected chi connectivity index (χ3v) is 3.29. The highest BCUT2D eigenvalue weighted by Gasteiger charge is 2.37. The number of amides is 1. The molecule has 0 aliphatic rings. The predicted octanol–water partition coefficient (Wildman–Crippen LogP) is 4.65. The van der Waals surface area contributed by atoms with Gasteiger partial charge in [0.15, 0.2) is 12.4 Å². The van der Waals surface area contributed by atoms with Gasteiger partial charge in [-0.05, 0) is 24.3 Å². The summed E-state index contributed by atoms with van der Waals surface area (Å²) in [6.45, 7) is -0.873. The van der Waals surface area contributed by atoms with Gasteiger partial charge in [-0.25, -0.2) is 0 Å². The first-order chi connectivity index (χ1) is 12.9. The first-order valence-corrected chi connectivity index (χ1v) is 7.33. The number of anilines is 1. The summed E-state index contributed by atoms with van der Waals surface area (Å²) >= 11 is 0. The average Bonchev–Trinajstić information content (AvgIpc) is 2.58. The highest BCUT2D eigenvalue weighted by molar-refractivity contribution is 5.92. The molecule has 0 atom stereocenters. The number of benzene rings is 2. The Balaban J connectivity index is 2.19. The topological polar surface area (TPSA) is 81.5 Å². The van der Waals surface area contributed by atoms with Crippen LogP contribution in [0.1, 0.15) is 11.1 Å². The van der Waals surface area contributed by atoms with Crippen LogP contribution in [0.3, 0.4) is 0 Å². The number of carbonyl (C=O) groups excluding carboxylic acids is 1. The Morgan fingerprint density at radius 3 is 2.04 bits per heavy atom. The number of hydrogen-bond acceptors (Lipinski definition) is 4. The van der Waals surface area contributed by atoms with E-state index in [9.17, 15) is 41.3 Å². The maximum Gasteiger partial charge on any atom is 0.416 e. The Bertz CT molecular complexity index is 863. The van der Waals surface area contributed by atoms with Crippen LogP contribution in [0.15, 0.2) is 42.5 Å². The predicted molar refractivity (Wildman–Crippen MR) is 83.7 cm³/mol. The van der Waals surface area contributed by atoms with Crippen LogP contribution in [0.2, 0.25) is 0 Å². The summed E-state index contributed by atoms with van der Waals surface area (Å²) in [5, 5.41) is 12.7. The van der Waals surface area contributed by atoms with E-state index in [1.165, 1.54) is 18.2 Å². The second-order valence-electron chi connectivity index (χ2n) is 5.36. The molecule has 12 heteroatoms. The third kappa shape index (κ3) is 5.34. The number of nitrogens with zero attached hydrogens (tertiary/aromatic N) is 1.